The number of carbonyl (C=O) groups is 1. The van der Waals surface area contributed by atoms with Crippen molar-refractivity contribution in [2.75, 3.05) is 18.4 Å². The SMILES string of the molecule is O=C(C[C@@H]1CCNC[C@@H]1Cc1cc(COc2ccccc2)on1)Nc1ccccc1. The summed E-state index contributed by atoms with van der Waals surface area (Å²) < 4.78 is 11.2. The monoisotopic (exact) mass is 405 g/mol. The molecule has 1 aliphatic rings. The van der Waals surface area contributed by atoms with Gasteiger partial charge in [-0.25, -0.2) is 0 Å². The Morgan fingerprint density at radius 2 is 1.87 bits per heavy atom. The molecular weight excluding hydrogens is 378 g/mol. The summed E-state index contributed by atoms with van der Waals surface area (Å²) in [5, 5.41) is 10.7. The van der Waals surface area contributed by atoms with Crippen LogP contribution in [0.3, 0.4) is 0 Å². The molecule has 156 valence electrons. The summed E-state index contributed by atoms with van der Waals surface area (Å²) in [6.45, 7) is 2.17. The fourth-order valence-electron chi connectivity index (χ4n) is 3.92. The number of aromatic nitrogens is 1. The second kappa shape index (κ2) is 10.1. The third kappa shape index (κ3) is 5.70. The summed E-state index contributed by atoms with van der Waals surface area (Å²) in [6.07, 6.45) is 2.28. The summed E-state index contributed by atoms with van der Waals surface area (Å²) >= 11 is 0. The molecule has 2 heterocycles. The van der Waals surface area contributed by atoms with E-state index in [0.29, 0.717) is 30.6 Å². The van der Waals surface area contributed by atoms with Crippen molar-refractivity contribution in [2.45, 2.75) is 25.9 Å². The number of amides is 1. The van der Waals surface area contributed by atoms with Gasteiger partial charge in [0.15, 0.2) is 5.76 Å². The Kier molecular flexibility index (Phi) is 6.77. The Balaban J connectivity index is 1.31. The van der Waals surface area contributed by atoms with Crippen LogP contribution in [-0.4, -0.2) is 24.2 Å². The van der Waals surface area contributed by atoms with Crippen LogP contribution in [-0.2, 0) is 17.8 Å². The zero-order valence-corrected chi connectivity index (χ0v) is 16.9. The van der Waals surface area contributed by atoms with Crippen LogP contribution in [0, 0.1) is 11.8 Å². The smallest absolute Gasteiger partial charge is 0.224 e. The molecule has 0 spiro atoms. The van der Waals surface area contributed by atoms with E-state index in [4.69, 9.17) is 9.26 Å². The highest BCUT2D eigenvalue weighted by Crippen LogP contribution is 2.27. The highest BCUT2D eigenvalue weighted by Gasteiger charge is 2.28. The van der Waals surface area contributed by atoms with Gasteiger partial charge in [-0.05, 0) is 62.0 Å². The molecule has 1 aromatic heterocycles. The quantitative estimate of drug-likeness (QED) is 0.591. The van der Waals surface area contributed by atoms with Crippen LogP contribution in [0.1, 0.15) is 24.3 Å². The van der Waals surface area contributed by atoms with Crippen molar-refractivity contribution in [3.63, 3.8) is 0 Å². The van der Waals surface area contributed by atoms with E-state index in [1.165, 1.54) is 0 Å². The molecule has 1 saturated heterocycles. The molecule has 0 saturated carbocycles. The first-order valence-corrected chi connectivity index (χ1v) is 10.4. The third-order valence-corrected chi connectivity index (χ3v) is 5.47. The maximum Gasteiger partial charge on any atom is 0.224 e. The number of anilines is 1. The topological polar surface area (TPSA) is 76.4 Å². The Hall–Kier alpha value is -3.12. The Labute approximate surface area is 176 Å². The molecular formula is C24H27N3O3. The molecule has 3 aromatic rings. The number of rotatable bonds is 8. The van der Waals surface area contributed by atoms with E-state index in [1.54, 1.807) is 0 Å². The molecule has 1 aliphatic heterocycles. The highest BCUT2D eigenvalue weighted by molar-refractivity contribution is 5.90. The van der Waals surface area contributed by atoms with Crippen molar-refractivity contribution in [2.24, 2.45) is 11.8 Å². The van der Waals surface area contributed by atoms with E-state index < -0.39 is 0 Å². The summed E-state index contributed by atoms with van der Waals surface area (Å²) in [5.74, 6) is 2.23. The van der Waals surface area contributed by atoms with Crippen LogP contribution in [0.4, 0.5) is 5.69 Å². The molecule has 1 fully saturated rings. The molecule has 0 aliphatic carbocycles. The van der Waals surface area contributed by atoms with Crippen molar-refractivity contribution in [1.29, 1.82) is 0 Å². The first-order valence-electron chi connectivity index (χ1n) is 10.4. The van der Waals surface area contributed by atoms with Crippen LogP contribution in [0.2, 0.25) is 0 Å². The van der Waals surface area contributed by atoms with Crippen LogP contribution >= 0.6 is 0 Å². The molecule has 1 amide bonds. The van der Waals surface area contributed by atoms with Gasteiger partial charge in [0.25, 0.3) is 0 Å². The van der Waals surface area contributed by atoms with Gasteiger partial charge in [-0.15, -0.1) is 0 Å². The number of ether oxygens (including phenoxy) is 1. The van der Waals surface area contributed by atoms with Gasteiger partial charge < -0.3 is 19.9 Å². The molecule has 6 heteroatoms. The minimum atomic E-state index is 0.0650. The first kappa shape index (κ1) is 20.2. The van der Waals surface area contributed by atoms with Gasteiger partial charge in [-0.2, -0.15) is 0 Å². The van der Waals surface area contributed by atoms with Crippen LogP contribution in [0.25, 0.3) is 0 Å². The summed E-state index contributed by atoms with van der Waals surface area (Å²) in [7, 11) is 0. The first-order chi connectivity index (χ1) is 14.8. The van der Waals surface area contributed by atoms with Gasteiger partial charge in [0, 0.05) is 18.2 Å². The van der Waals surface area contributed by atoms with E-state index in [2.05, 4.69) is 15.8 Å². The zero-order chi connectivity index (χ0) is 20.6. The van der Waals surface area contributed by atoms with Gasteiger partial charge in [0.1, 0.15) is 12.4 Å². The van der Waals surface area contributed by atoms with Crippen LogP contribution in [0.15, 0.2) is 71.3 Å². The van der Waals surface area contributed by atoms with E-state index in [0.717, 1.165) is 43.1 Å². The van der Waals surface area contributed by atoms with Gasteiger partial charge >= 0.3 is 0 Å². The third-order valence-electron chi connectivity index (χ3n) is 5.47. The van der Waals surface area contributed by atoms with E-state index in [9.17, 15) is 4.79 Å². The number of piperidine rings is 1. The number of nitrogens with zero attached hydrogens (tertiary/aromatic N) is 1. The van der Waals surface area contributed by atoms with E-state index in [-0.39, 0.29) is 5.91 Å². The molecule has 6 nitrogen and oxygen atoms in total. The average molecular weight is 405 g/mol. The average Bonchev–Trinajstić information content (AvgIpc) is 3.22. The second-order valence-corrected chi connectivity index (χ2v) is 7.72. The number of hydrogen-bond donors (Lipinski definition) is 2. The molecule has 0 bridgehead atoms. The lowest BCUT2D eigenvalue weighted by atomic mass is 9.81. The molecule has 4 rings (SSSR count). The van der Waals surface area contributed by atoms with Gasteiger partial charge in [-0.3, -0.25) is 4.79 Å². The van der Waals surface area contributed by atoms with Crippen molar-refractivity contribution >= 4 is 11.6 Å². The summed E-state index contributed by atoms with van der Waals surface area (Å²) in [5.41, 5.74) is 1.75. The number of nitrogens with one attached hydrogen (secondary N) is 2. The minimum Gasteiger partial charge on any atom is -0.486 e. The van der Waals surface area contributed by atoms with Crippen molar-refractivity contribution in [3.05, 3.63) is 78.2 Å². The second-order valence-electron chi connectivity index (χ2n) is 7.72. The Morgan fingerprint density at radius 3 is 2.67 bits per heavy atom. The zero-order valence-electron chi connectivity index (χ0n) is 16.9. The van der Waals surface area contributed by atoms with Gasteiger partial charge in [-0.1, -0.05) is 41.6 Å². The standard InChI is InChI=1S/C24H27N3O3/c28-24(26-20-7-3-1-4-8-20)14-18-11-12-25-16-19(18)13-21-15-23(30-27-21)17-29-22-9-5-2-6-10-22/h1-10,15,18-19,25H,11-14,16-17H2,(H,26,28)/t18-,19-/m0/s1. The Morgan fingerprint density at radius 1 is 1.10 bits per heavy atom. The van der Waals surface area contributed by atoms with Crippen molar-refractivity contribution in [3.8, 4) is 5.75 Å². The van der Waals surface area contributed by atoms with Crippen molar-refractivity contribution < 1.29 is 14.1 Å². The normalized spacial score (nSPS) is 18.7. The fraction of sp³-hybridized carbons (Fsp3) is 0.333. The summed E-state index contributed by atoms with van der Waals surface area (Å²) in [4.78, 5) is 12.5. The maximum atomic E-state index is 12.5. The molecule has 0 radical (unpaired) electrons. The largest absolute Gasteiger partial charge is 0.486 e. The van der Waals surface area contributed by atoms with Crippen LogP contribution < -0.4 is 15.4 Å². The van der Waals surface area contributed by atoms with Gasteiger partial charge in [0.05, 0.1) is 5.69 Å². The lowest BCUT2D eigenvalue weighted by molar-refractivity contribution is -0.117. The molecule has 0 unspecified atom stereocenters. The van der Waals surface area contributed by atoms with Crippen LogP contribution in [0.5, 0.6) is 5.75 Å². The van der Waals surface area contributed by atoms with Crippen molar-refractivity contribution in [1.82, 2.24) is 10.5 Å². The molecule has 2 aromatic carbocycles. The number of hydrogen-bond acceptors (Lipinski definition) is 5. The highest BCUT2D eigenvalue weighted by atomic mass is 16.5. The minimum absolute atomic E-state index is 0.0650. The number of carbonyl (C=O) groups excluding carboxylic acids is 1. The molecule has 2 N–H and O–H groups in total. The van der Waals surface area contributed by atoms with E-state index in [1.807, 2.05) is 66.7 Å². The predicted octanol–water partition coefficient (Wildman–Crippen LogP) is 4.05. The summed E-state index contributed by atoms with van der Waals surface area (Å²) in [6, 6.07) is 21.2. The van der Waals surface area contributed by atoms with Gasteiger partial charge in [0.2, 0.25) is 5.91 Å². The number of benzene rings is 2. The number of para-hydroxylation sites is 2. The lowest BCUT2D eigenvalue weighted by Crippen LogP contribution is -2.39. The molecule has 2 atom stereocenters. The predicted molar refractivity (Wildman–Crippen MR) is 115 cm³/mol. The Bertz CT molecular complexity index is 927. The lowest BCUT2D eigenvalue weighted by Gasteiger charge is -2.31. The molecule has 30 heavy (non-hydrogen) atoms. The van der Waals surface area contributed by atoms with E-state index >= 15 is 0 Å². The maximum absolute atomic E-state index is 12.5. The fourth-order valence-corrected chi connectivity index (χ4v) is 3.92.